The Morgan fingerprint density at radius 2 is 1.09 bits per heavy atom. The van der Waals surface area contributed by atoms with Crippen LogP contribution in [0.4, 0.5) is 17.1 Å². The summed E-state index contributed by atoms with van der Waals surface area (Å²) >= 11 is 1.73. The summed E-state index contributed by atoms with van der Waals surface area (Å²) in [5, 5.41) is 5.60. The van der Waals surface area contributed by atoms with Gasteiger partial charge in [0, 0.05) is 21.3 Å². The van der Waals surface area contributed by atoms with Crippen molar-refractivity contribution in [2.75, 3.05) is 4.90 Å². The fraction of sp³-hybridized carbons (Fsp3) is 0.0625. The third-order valence-corrected chi connectivity index (χ3v) is 14.3. The maximum absolute atomic E-state index is 4.22. The smallest absolute Gasteiger partial charge is 0.0714 e. The number of benzene rings is 9. The van der Waals surface area contributed by atoms with Gasteiger partial charge in [-0.2, -0.15) is 0 Å². The number of allylic oxidation sites excluding steroid dienone is 1. The van der Waals surface area contributed by atoms with E-state index in [-0.39, 0.29) is 0 Å². The van der Waals surface area contributed by atoms with Crippen molar-refractivity contribution >= 4 is 56.9 Å². The number of hydrogen-bond donors (Lipinski definition) is 0. The van der Waals surface area contributed by atoms with E-state index in [9.17, 15) is 0 Å². The Morgan fingerprint density at radius 3 is 1.77 bits per heavy atom. The van der Waals surface area contributed by atoms with Gasteiger partial charge in [-0.25, -0.2) is 0 Å². The monoisotopic (exact) mass is 865 g/mol. The molecule has 1 aliphatic rings. The van der Waals surface area contributed by atoms with E-state index < -0.39 is 5.41 Å². The number of nitrogens with zero attached hydrogens (tertiary/aromatic N) is 1. The highest BCUT2D eigenvalue weighted by Gasteiger charge is 2.46. The summed E-state index contributed by atoms with van der Waals surface area (Å²) in [6.07, 6.45) is 0. The average Bonchev–Trinajstić information content (AvgIpc) is 3.94. The third-order valence-electron chi connectivity index (χ3n) is 13.2. The van der Waals surface area contributed by atoms with Crippen molar-refractivity contribution in [3.8, 4) is 22.3 Å². The molecule has 2 heteroatoms. The van der Waals surface area contributed by atoms with Crippen molar-refractivity contribution in [2.24, 2.45) is 0 Å². The van der Waals surface area contributed by atoms with E-state index in [1.54, 1.807) is 11.3 Å². The van der Waals surface area contributed by atoms with Gasteiger partial charge < -0.3 is 4.90 Å². The Kier molecular flexibility index (Phi) is 11.5. The van der Waals surface area contributed by atoms with E-state index in [0.29, 0.717) is 0 Å². The lowest BCUT2D eigenvalue weighted by atomic mass is 9.67. The first-order chi connectivity index (χ1) is 32.3. The van der Waals surface area contributed by atoms with Gasteiger partial charge in [-0.05, 0) is 140 Å². The third kappa shape index (κ3) is 7.60. The lowest BCUT2D eigenvalue weighted by molar-refractivity contribution is 0.768. The Morgan fingerprint density at radius 1 is 0.515 bits per heavy atom. The van der Waals surface area contributed by atoms with E-state index in [1.165, 1.54) is 82.1 Å². The first-order valence-corrected chi connectivity index (χ1v) is 23.5. The second kappa shape index (κ2) is 18.0. The summed E-state index contributed by atoms with van der Waals surface area (Å²) in [5.41, 5.74) is 19.1. The number of aryl methyl sites for hydroxylation is 2. The van der Waals surface area contributed by atoms with Crippen LogP contribution in [0.1, 0.15) is 45.9 Å². The molecule has 11 rings (SSSR count). The van der Waals surface area contributed by atoms with Crippen LogP contribution >= 0.6 is 11.3 Å². The molecule has 0 fully saturated rings. The first-order valence-electron chi connectivity index (χ1n) is 22.6. The minimum atomic E-state index is -0.468. The summed E-state index contributed by atoms with van der Waals surface area (Å²) < 4.78 is 1.23. The largest absolute Gasteiger partial charge is 0.310 e. The molecule has 10 aromatic rings. The molecule has 0 amide bonds. The molecule has 1 heterocycles. The predicted octanol–water partition coefficient (Wildman–Crippen LogP) is 16.0. The van der Waals surface area contributed by atoms with Crippen LogP contribution in [0.3, 0.4) is 0 Å². The lowest BCUT2D eigenvalue weighted by Gasteiger charge is -2.35. The lowest BCUT2D eigenvalue weighted by Crippen LogP contribution is -2.28. The molecule has 0 saturated carbocycles. The molecule has 1 aromatic heterocycles. The molecule has 1 aliphatic carbocycles. The van der Waals surface area contributed by atoms with Crippen molar-refractivity contribution in [1.82, 2.24) is 0 Å². The Hall–Kier alpha value is -7.78. The van der Waals surface area contributed by atoms with Crippen molar-refractivity contribution < 1.29 is 0 Å². The molecular formula is C64H51NS. The fourth-order valence-corrected chi connectivity index (χ4v) is 10.8. The van der Waals surface area contributed by atoms with Gasteiger partial charge in [0.25, 0.3) is 0 Å². The molecule has 0 spiro atoms. The highest BCUT2D eigenvalue weighted by Crippen LogP contribution is 2.57. The zero-order chi connectivity index (χ0) is 45.2. The van der Waals surface area contributed by atoms with Crippen LogP contribution in [-0.4, -0.2) is 0 Å². The van der Waals surface area contributed by atoms with Crippen molar-refractivity contribution in [1.29, 1.82) is 0 Å². The molecule has 0 aliphatic heterocycles. The quantitative estimate of drug-likeness (QED) is 0.147. The Balaban J connectivity index is 0.000000254. The SMILES string of the molecule is C=C(/C(C)=c1/sccc1=C)c1ccccc1C.Cc1ccc(-c2ccc(N(c3ccc4c(c3)C(c3ccccc3)(c3ccccc3)c3ccccc3-4)c3cccc4ccccc34)cc2)cc1. The minimum absolute atomic E-state index is 0.468. The van der Waals surface area contributed by atoms with Gasteiger partial charge in [0.2, 0.25) is 0 Å². The average molecular weight is 866 g/mol. The number of rotatable bonds is 8. The molecule has 318 valence electrons. The molecule has 0 bridgehead atoms. The van der Waals surface area contributed by atoms with Crippen LogP contribution < -0.4 is 14.7 Å². The van der Waals surface area contributed by atoms with Crippen LogP contribution in [0, 0.1) is 13.8 Å². The van der Waals surface area contributed by atoms with Gasteiger partial charge in [0.15, 0.2) is 0 Å². The zero-order valence-electron chi connectivity index (χ0n) is 37.7. The van der Waals surface area contributed by atoms with Gasteiger partial charge >= 0.3 is 0 Å². The standard InChI is InChI=1S/C48H35N.C16H16S/c1-34-23-25-35(26-24-34)36-27-29-40(30-28-36)49(47-22-12-14-37-13-8-9-19-42(37)47)41-31-32-44-43-20-10-11-21-45(43)48(46(44)33-41,38-15-4-2-5-16-38)39-17-6-3-7-18-39;1-11-7-5-6-8-15(11)13(3)14(4)16-12(2)9-10-17-16/h2-33H,1H3;5-10H,2-3H2,1,4H3/b;16-14+. The van der Waals surface area contributed by atoms with Crippen molar-refractivity contribution in [2.45, 2.75) is 26.2 Å². The predicted molar refractivity (Wildman–Crippen MR) is 284 cm³/mol. The van der Waals surface area contributed by atoms with Gasteiger partial charge in [-0.3, -0.25) is 0 Å². The molecule has 66 heavy (non-hydrogen) atoms. The second-order valence-corrected chi connectivity index (χ2v) is 18.1. The van der Waals surface area contributed by atoms with E-state index in [2.05, 4.69) is 269 Å². The number of fused-ring (bicyclic) bond motifs is 4. The molecular weight excluding hydrogens is 815 g/mol. The van der Waals surface area contributed by atoms with E-state index in [0.717, 1.165) is 27.9 Å². The summed E-state index contributed by atoms with van der Waals surface area (Å²) in [6.45, 7) is 14.6. The van der Waals surface area contributed by atoms with Gasteiger partial charge in [0.05, 0.1) is 11.1 Å². The fourth-order valence-electron chi connectivity index (χ4n) is 9.87. The van der Waals surface area contributed by atoms with Crippen molar-refractivity contribution in [3.63, 3.8) is 0 Å². The molecule has 1 nitrogen and oxygen atoms in total. The van der Waals surface area contributed by atoms with Crippen LogP contribution in [0.15, 0.2) is 236 Å². The van der Waals surface area contributed by atoms with Crippen LogP contribution in [-0.2, 0) is 5.41 Å². The second-order valence-electron chi connectivity index (χ2n) is 17.2. The van der Waals surface area contributed by atoms with E-state index in [1.807, 2.05) is 0 Å². The maximum atomic E-state index is 4.22. The summed E-state index contributed by atoms with van der Waals surface area (Å²) in [5.74, 6) is 0. The topological polar surface area (TPSA) is 3.24 Å². The molecule has 0 radical (unpaired) electrons. The Bertz CT molecular complexity index is 3430. The highest BCUT2D eigenvalue weighted by molar-refractivity contribution is 7.07. The van der Waals surface area contributed by atoms with Crippen LogP contribution in [0.5, 0.6) is 0 Å². The number of hydrogen-bond acceptors (Lipinski definition) is 2. The molecule has 0 unspecified atom stereocenters. The summed E-state index contributed by atoms with van der Waals surface area (Å²) in [4.78, 5) is 2.44. The van der Waals surface area contributed by atoms with Gasteiger partial charge in [0.1, 0.15) is 0 Å². The minimum Gasteiger partial charge on any atom is -0.310 e. The molecule has 9 aromatic carbocycles. The highest BCUT2D eigenvalue weighted by atomic mass is 32.1. The van der Waals surface area contributed by atoms with Crippen molar-refractivity contribution in [3.05, 3.63) is 285 Å². The van der Waals surface area contributed by atoms with Crippen LogP contribution in [0.2, 0.25) is 0 Å². The molecule has 0 atom stereocenters. The normalized spacial score (nSPS) is 12.7. The summed E-state index contributed by atoms with van der Waals surface area (Å²) in [6, 6.07) is 81.6. The Labute approximate surface area is 393 Å². The number of thiophene rings is 1. The van der Waals surface area contributed by atoms with E-state index >= 15 is 0 Å². The number of anilines is 3. The molecule has 0 saturated heterocycles. The summed E-state index contributed by atoms with van der Waals surface area (Å²) in [7, 11) is 0. The van der Waals surface area contributed by atoms with E-state index in [4.69, 9.17) is 0 Å². The maximum Gasteiger partial charge on any atom is 0.0714 e. The first kappa shape index (κ1) is 42.2. The van der Waals surface area contributed by atoms with Gasteiger partial charge in [-0.15, -0.1) is 11.3 Å². The molecule has 0 N–H and O–H groups in total. The van der Waals surface area contributed by atoms with Crippen LogP contribution in [0.25, 0.3) is 50.8 Å². The van der Waals surface area contributed by atoms with Gasteiger partial charge in [-0.1, -0.05) is 207 Å². The zero-order valence-corrected chi connectivity index (χ0v) is 38.5.